The van der Waals surface area contributed by atoms with Gasteiger partial charge in [-0.2, -0.15) is 0 Å². The fourth-order valence-electron chi connectivity index (χ4n) is 6.79. The van der Waals surface area contributed by atoms with Gasteiger partial charge in [0.1, 0.15) is 5.66 Å². The lowest BCUT2D eigenvalue weighted by Gasteiger charge is -2.60. The number of anilines is 1. The van der Waals surface area contributed by atoms with Crippen molar-refractivity contribution in [2.75, 3.05) is 25.0 Å². The predicted molar refractivity (Wildman–Crippen MR) is 122 cm³/mol. The molecule has 0 radical (unpaired) electrons. The second kappa shape index (κ2) is 7.80. The molecular weight excluding hydrogens is 388 g/mol. The van der Waals surface area contributed by atoms with Gasteiger partial charge in [-0.25, -0.2) is 0 Å². The van der Waals surface area contributed by atoms with E-state index in [2.05, 4.69) is 34.7 Å². The normalized spacial score (nSPS) is 37.1. The zero-order valence-corrected chi connectivity index (χ0v) is 18.9. The van der Waals surface area contributed by atoms with E-state index in [1.54, 1.807) is 0 Å². The number of fused-ring (bicyclic) bond motifs is 3. The highest BCUT2D eigenvalue weighted by atomic mass is 16.2. The van der Waals surface area contributed by atoms with Crippen LogP contribution in [-0.4, -0.2) is 48.1 Å². The minimum Gasteiger partial charge on any atom is -0.362 e. The van der Waals surface area contributed by atoms with Crippen molar-refractivity contribution < 1.29 is 9.59 Å². The van der Waals surface area contributed by atoms with E-state index in [1.807, 2.05) is 24.3 Å². The number of rotatable bonds is 4. The summed E-state index contributed by atoms with van der Waals surface area (Å²) in [6, 6.07) is 8.36. The van der Waals surface area contributed by atoms with Crippen LogP contribution in [0.25, 0.3) is 0 Å². The molecule has 5 atom stereocenters. The van der Waals surface area contributed by atoms with Crippen LogP contribution in [-0.2, 0) is 4.79 Å². The molecule has 6 heteroatoms. The molecule has 5 aliphatic rings. The third kappa shape index (κ3) is 3.63. The van der Waals surface area contributed by atoms with Crippen LogP contribution in [0, 0.1) is 17.3 Å². The Bertz CT molecular complexity index is 873. The summed E-state index contributed by atoms with van der Waals surface area (Å²) in [5, 5.41) is 10.2. The molecule has 1 aromatic carbocycles. The number of hydrogen-bond donors (Lipinski definition) is 3. The Balaban J connectivity index is 1.25. The Labute approximate surface area is 185 Å². The van der Waals surface area contributed by atoms with Crippen molar-refractivity contribution in [2.24, 2.45) is 17.3 Å². The van der Waals surface area contributed by atoms with Gasteiger partial charge in [0.2, 0.25) is 5.91 Å². The quantitative estimate of drug-likeness (QED) is 0.693. The van der Waals surface area contributed by atoms with Gasteiger partial charge in [-0.15, -0.1) is 0 Å². The molecule has 4 fully saturated rings. The van der Waals surface area contributed by atoms with Gasteiger partial charge in [0.05, 0.1) is 5.56 Å². The molecule has 6 nitrogen and oxygen atoms in total. The van der Waals surface area contributed by atoms with Crippen molar-refractivity contribution in [3.8, 4) is 0 Å². The first-order chi connectivity index (χ1) is 14.9. The van der Waals surface area contributed by atoms with E-state index >= 15 is 0 Å². The molecule has 0 unspecified atom stereocenters. The molecule has 1 spiro atoms. The molecular formula is C25H36N4O2. The molecule has 0 aromatic heterocycles. The first-order valence-corrected chi connectivity index (χ1v) is 12.1. The fourth-order valence-corrected chi connectivity index (χ4v) is 6.79. The maximum absolute atomic E-state index is 13.2. The summed E-state index contributed by atoms with van der Waals surface area (Å²) in [5.41, 5.74) is 1.09. The molecule has 3 aliphatic carbocycles. The van der Waals surface area contributed by atoms with Crippen LogP contribution in [0.3, 0.4) is 0 Å². The topological polar surface area (TPSA) is 73.5 Å². The van der Waals surface area contributed by atoms with E-state index in [0.29, 0.717) is 11.6 Å². The Morgan fingerprint density at radius 2 is 2.06 bits per heavy atom. The average molecular weight is 425 g/mol. The summed E-state index contributed by atoms with van der Waals surface area (Å²) >= 11 is 0. The summed E-state index contributed by atoms with van der Waals surface area (Å²) in [4.78, 5) is 28.6. The van der Waals surface area contributed by atoms with E-state index in [9.17, 15) is 9.59 Å². The molecule has 6 rings (SSSR count). The lowest BCUT2D eigenvalue weighted by molar-refractivity contribution is -0.139. The van der Waals surface area contributed by atoms with Gasteiger partial charge in [-0.3, -0.25) is 14.5 Å². The molecule has 3 saturated carbocycles. The summed E-state index contributed by atoms with van der Waals surface area (Å²) in [7, 11) is 0. The van der Waals surface area contributed by atoms with Gasteiger partial charge in [-0.1, -0.05) is 25.5 Å². The zero-order valence-electron chi connectivity index (χ0n) is 18.9. The number of amides is 2. The fraction of sp³-hybridized carbons (Fsp3) is 0.680. The van der Waals surface area contributed by atoms with Crippen molar-refractivity contribution in [3.63, 3.8) is 0 Å². The van der Waals surface area contributed by atoms with Crippen LogP contribution < -0.4 is 16.0 Å². The zero-order chi connectivity index (χ0) is 21.6. The molecule has 2 amide bonds. The van der Waals surface area contributed by atoms with E-state index in [4.69, 9.17) is 0 Å². The van der Waals surface area contributed by atoms with E-state index in [0.717, 1.165) is 51.0 Å². The summed E-state index contributed by atoms with van der Waals surface area (Å²) in [5.74, 6) is 0.493. The third-order valence-corrected chi connectivity index (χ3v) is 8.63. The number of carbonyl (C=O) groups is 2. The molecule has 1 saturated heterocycles. The third-order valence-electron chi connectivity index (χ3n) is 8.63. The van der Waals surface area contributed by atoms with Crippen molar-refractivity contribution in [1.82, 2.24) is 15.5 Å². The number of carbonyl (C=O) groups excluding carboxylic acids is 2. The lowest BCUT2D eigenvalue weighted by atomic mass is 9.51. The Morgan fingerprint density at radius 1 is 1.23 bits per heavy atom. The number of nitrogens with one attached hydrogen (secondary N) is 3. The van der Waals surface area contributed by atoms with Gasteiger partial charge >= 0.3 is 0 Å². The predicted octanol–water partition coefficient (Wildman–Crippen LogP) is 3.36. The van der Waals surface area contributed by atoms with Crippen molar-refractivity contribution in [2.45, 2.75) is 70.5 Å². The van der Waals surface area contributed by atoms with Gasteiger partial charge in [0.25, 0.3) is 5.91 Å². The van der Waals surface area contributed by atoms with E-state index < -0.39 is 5.66 Å². The van der Waals surface area contributed by atoms with E-state index in [1.165, 1.54) is 19.3 Å². The van der Waals surface area contributed by atoms with E-state index in [-0.39, 0.29) is 29.1 Å². The molecule has 2 aliphatic heterocycles. The smallest absolute Gasteiger partial charge is 0.255 e. The Kier molecular flexibility index (Phi) is 5.24. The van der Waals surface area contributed by atoms with Crippen LogP contribution in [0.4, 0.5) is 5.69 Å². The van der Waals surface area contributed by atoms with Gasteiger partial charge in [0, 0.05) is 36.7 Å². The highest BCUT2D eigenvalue weighted by Gasteiger charge is 2.60. The minimum absolute atomic E-state index is 0.00199. The minimum atomic E-state index is -0.432. The van der Waals surface area contributed by atoms with Gasteiger partial charge < -0.3 is 16.0 Å². The highest BCUT2D eigenvalue weighted by molar-refractivity contribution is 6.02. The summed E-state index contributed by atoms with van der Waals surface area (Å²) in [6.45, 7) is 7.36. The summed E-state index contributed by atoms with van der Waals surface area (Å²) < 4.78 is 0. The number of nitrogens with zero attached hydrogens (tertiary/aromatic N) is 1. The SMILES string of the molecule is C[C@@H]1CCCCN1CCNC(=O)[C@@H]1C[C@@H]2CC[C@]1(C)C[C@]21NC(=O)c2ccccc2N1. The number of benzene rings is 1. The average Bonchev–Trinajstić information content (AvgIpc) is 2.74. The maximum Gasteiger partial charge on any atom is 0.255 e. The molecule has 1 aromatic rings. The van der Waals surface area contributed by atoms with Crippen molar-refractivity contribution in [1.29, 1.82) is 0 Å². The number of piperidine rings is 1. The Morgan fingerprint density at radius 3 is 2.87 bits per heavy atom. The Hall–Kier alpha value is -2.08. The van der Waals surface area contributed by atoms with Crippen LogP contribution in [0.2, 0.25) is 0 Å². The largest absolute Gasteiger partial charge is 0.362 e. The summed E-state index contributed by atoms with van der Waals surface area (Å²) in [6.07, 6.45) is 7.57. The first-order valence-electron chi connectivity index (χ1n) is 12.1. The van der Waals surface area contributed by atoms with Gasteiger partial charge in [0.15, 0.2) is 0 Å². The first kappa shape index (κ1) is 20.8. The second-order valence-corrected chi connectivity index (χ2v) is 10.6. The van der Waals surface area contributed by atoms with Crippen LogP contribution in [0.5, 0.6) is 0 Å². The standard InChI is InChI=1S/C25H36N4O2/c1-17-7-5-6-13-29(17)14-12-26-23(31)20-15-18-10-11-24(20,2)16-25(18)27-21-9-4-3-8-19(21)22(30)28-25/h3-4,8-9,17-18,20,27H,5-7,10-16H2,1-2H3,(H,26,31)(H,28,30)/t17-,18+,20+,24-,25+/m1/s1. The maximum atomic E-state index is 13.2. The van der Waals surface area contributed by atoms with Crippen LogP contribution in [0.1, 0.15) is 69.2 Å². The molecule has 3 N–H and O–H groups in total. The molecule has 2 heterocycles. The molecule has 31 heavy (non-hydrogen) atoms. The number of para-hydroxylation sites is 1. The number of hydrogen-bond acceptors (Lipinski definition) is 4. The highest BCUT2D eigenvalue weighted by Crippen LogP contribution is 2.58. The number of likely N-dealkylation sites (tertiary alicyclic amines) is 1. The molecule has 2 bridgehead atoms. The second-order valence-electron chi connectivity index (χ2n) is 10.6. The lowest BCUT2D eigenvalue weighted by Crippen LogP contribution is -2.70. The molecule has 168 valence electrons. The van der Waals surface area contributed by atoms with Crippen LogP contribution >= 0.6 is 0 Å². The monoisotopic (exact) mass is 424 g/mol. The van der Waals surface area contributed by atoms with Crippen molar-refractivity contribution >= 4 is 17.5 Å². The van der Waals surface area contributed by atoms with Gasteiger partial charge in [-0.05, 0) is 69.5 Å². The van der Waals surface area contributed by atoms with Crippen molar-refractivity contribution in [3.05, 3.63) is 29.8 Å². The van der Waals surface area contributed by atoms with Crippen LogP contribution in [0.15, 0.2) is 24.3 Å².